The lowest BCUT2D eigenvalue weighted by atomic mass is 9.97. The molecule has 104 valence electrons. The third kappa shape index (κ3) is 2.72. The van der Waals surface area contributed by atoms with E-state index in [1.165, 1.54) is 0 Å². The van der Waals surface area contributed by atoms with Crippen LogP contribution in [0.4, 0.5) is 0 Å². The van der Waals surface area contributed by atoms with Gasteiger partial charge in [-0.15, -0.1) is 0 Å². The number of rotatable bonds is 3. The molecule has 0 aromatic heterocycles. The Bertz CT molecular complexity index is 751. The molecule has 0 spiro atoms. The Morgan fingerprint density at radius 2 is 1.29 bits per heavy atom. The smallest absolute Gasteiger partial charge is 0.134 e. The maximum atomic E-state index is 5.72. The van der Waals surface area contributed by atoms with Gasteiger partial charge < -0.3 is 4.74 Å². The van der Waals surface area contributed by atoms with Crippen LogP contribution < -0.4 is 4.74 Å². The van der Waals surface area contributed by atoms with Crippen LogP contribution in [0.2, 0.25) is 0 Å². The van der Waals surface area contributed by atoms with Gasteiger partial charge in [0.15, 0.2) is 0 Å². The van der Waals surface area contributed by atoms with Crippen molar-refractivity contribution in [3.63, 3.8) is 0 Å². The Balaban J connectivity index is 2.22. The van der Waals surface area contributed by atoms with Crippen LogP contribution in [-0.4, -0.2) is 7.11 Å². The van der Waals surface area contributed by atoms with Crippen molar-refractivity contribution in [2.24, 2.45) is 0 Å². The van der Waals surface area contributed by atoms with Gasteiger partial charge in [-0.25, -0.2) is 0 Å². The summed E-state index contributed by atoms with van der Waals surface area (Å²) in [5.41, 5.74) is 4.48. The van der Waals surface area contributed by atoms with E-state index in [1.807, 2.05) is 36.4 Å². The average molecular weight is 339 g/mol. The highest BCUT2D eigenvalue weighted by atomic mass is 79.9. The van der Waals surface area contributed by atoms with Gasteiger partial charge >= 0.3 is 0 Å². The molecule has 3 rings (SSSR count). The zero-order valence-electron chi connectivity index (χ0n) is 11.7. The van der Waals surface area contributed by atoms with Crippen LogP contribution in [0.3, 0.4) is 0 Å². The minimum atomic E-state index is 0.899. The zero-order valence-corrected chi connectivity index (χ0v) is 13.3. The van der Waals surface area contributed by atoms with Crippen LogP contribution >= 0.6 is 15.9 Å². The molecule has 0 aliphatic rings. The molecule has 0 aliphatic heterocycles. The number of ether oxygens (including phenoxy) is 1. The molecule has 21 heavy (non-hydrogen) atoms. The summed E-state index contributed by atoms with van der Waals surface area (Å²) in [4.78, 5) is 0. The Morgan fingerprint density at radius 3 is 2.00 bits per heavy atom. The van der Waals surface area contributed by atoms with Crippen LogP contribution in [0.5, 0.6) is 5.75 Å². The number of hydrogen-bond acceptors (Lipinski definition) is 1. The molecule has 0 saturated heterocycles. The first-order valence-corrected chi connectivity index (χ1v) is 7.58. The molecule has 0 radical (unpaired) electrons. The lowest BCUT2D eigenvalue weighted by Crippen LogP contribution is -1.92. The van der Waals surface area contributed by atoms with Crippen molar-refractivity contribution < 1.29 is 4.74 Å². The van der Waals surface area contributed by atoms with Gasteiger partial charge in [0.05, 0.1) is 7.11 Å². The highest BCUT2D eigenvalue weighted by Crippen LogP contribution is 2.40. The number of benzene rings is 3. The number of para-hydroxylation sites is 1. The number of halogens is 1. The first-order valence-electron chi connectivity index (χ1n) is 6.78. The second kappa shape index (κ2) is 6.15. The maximum Gasteiger partial charge on any atom is 0.134 e. The van der Waals surface area contributed by atoms with Gasteiger partial charge in [-0.05, 0) is 17.2 Å². The molecule has 0 unspecified atom stereocenters. The summed E-state index contributed by atoms with van der Waals surface area (Å²) in [6.45, 7) is 0. The number of hydrogen-bond donors (Lipinski definition) is 0. The first kappa shape index (κ1) is 13.9. The predicted octanol–water partition coefficient (Wildman–Crippen LogP) is 5.79. The van der Waals surface area contributed by atoms with Crippen molar-refractivity contribution in [3.05, 3.63) is 77.3 Å². The Labute approximate surface area is 133 Å². The highest BCUT2D eigenvalue weighted by Gasteiger charge is 2.13. The third-order valence-corrected chi connectivity index (χ3v) is 4.16. The van der Waals surface area contributed by atoms with Crippen molar-refractivity contribution in [1.82, 2.24) is 0 Å². The summed E-state index contributed by atoms with van der Waals surface area (Å²) in [6.07, 6.45) is 0. The van der Waals surface area contributed by atoms with Crippen LogP contribution in [0, 0.1) is 0 Å². The van der Waals surface area contributed by atoms with Crippen LogP contribution in [0.1, 0.15) is 0 Å². The van der Waals surface area contributed by atoms with Crippen molar-refractivity contribution >= 4 is 15.9 Å². The molecule has 1 nitrogen and oxygen atoms in total. The highest BCUT2D eigenvalue weighted by molar-refractivity contribution is 9.10. The molecule has 0 N–H and O–H groups in total. The summed E-state index contributed by atoms with van der Waals surface area (Å²) >= 11 is 3.62. The van der Waals surface area contributed by atoms with Gasteiger partial charge in [0.2, 0.25) is 0 Å². The molecule has 0 fully saturated rings. The summed E-state index contributed by atoms with van der Waals surface area (Å²) in [7, 11) is 1.72. The first-order chi connectivity index (χ1) is 10.3. The lowest BCUT2D eigenvalue weighted by Gasteiger charge is -2.15. The zero-order chi connectivity index (χ0) is 14.7. The normalized spacial score (nSPS) is 10.4. The molecule has 2 heteroatoms. The fourth-order valence-corrected chi connectivity index (χ4v) is 2.99. The van der Waals surface area contributed by atoms with Crippen molar-refractivity contribution in [2.75, 3.05) is 7.11 Å². The Hall–Kier alpha value is -2.06. The number of methoxy groups -OCH3 is 1. The van der Waals surface area contributed by atoms with Crippen molar-refractivity contribution in [2.45, 2.75) is 0 Å². The van der Waals surface area contributed by atoms with E-state index in [0.717, 1.165) is 32.5 Å². The van der Waals surface area contributed by atoms with Crippen LogP contribution in [0.25, 0.3) is 22.3 Å². The molecule has 0 amide bonds. The monoisotopic (exact) mass is 338 g/mol. The van der Waals surface area contributed by atoms with E-state index in [-0.39, 0.29) is 0 Å². The van der Waals surface area contributed by atoms with Gasteiger partial charge in [-0.1, -0.05) is 82.7 Å². The van der Waals surface area contributed by atoms with Gasteiger partial charge in [-0.3, -0.25) is 0 Å². The standard InChI is InChI=1S/C19H15BrO/c1-21-19-15(14-8-3-2-4-9-14)11-7-12-17(19)16-10-5-6-13-18(16)20/h2-13H,1H3. The SMILES string of the molecule is COc1c(-c2ccccc2)cccc1-c1ccccc1Br. The summed E-state index contributed by atoms with van der Waals surface area (Å²) < 4.78 is 6.78. The molecule has 0 saturated carbocycles. The largest absolute Gasteiger partial charge is 0.495 e. The summed E-state index contributed by atoms with van der Waals surface area (Å²) in [5.74, 6) is 0.899. The predicted molar refractivity (Wildman–Crippen MR) is 91.6 cm³/mol. The topological polar surface area (TPSA) is 9.23 Å². The minimum absolute atomic E-state index is 0.899. The van der Waals surface area contributed by atoms with E-state index in [4.69, 9.17) is 4.74 Å². The average Bonchev–Trinajstić information content (AvgIpc) is 2.55. The Morgan fingerprint density at radius 1 is 0.667 bits per heavy atom. The van der Waals surface area contributed by atoms with Crippen LogP contribution in [0.15, 0.2) is 77.3 Å². The maximum absolute atomic E-state index is 5.72. The molecular formula is C19H15BrO. The third-order valence-electron chi connectivity index (χ3n) is 3.47. The molecular weight excluding hydrogens is 324 g/mol. The minimum Gasteiger partial charge on any atom is -0.495 e. The van der Waals surface area contributed by atoms with Crippen molar-refractivity contribution in [1.29, 1.82) is 0 Å². The summed E-state index contributed by atoms with van der Waals surface area (Å²) in [5, 5.41) is 0. The van der Waals surface area contributed by atoms with E-state index < -0.39 is 0 Å². The van der Waals surface area contributed by atoms with E-state index in [2.05, 4.69) is 52.3 Å². The van der Waals surface area contributed by atoms with E-state index in [1.54, 1.807) is 7.11 Å². The fourth-order valence-electron chi connectivity index (χ4n) is 2.49. The summed E-state index contributed by atoms with van der Waals surface area (Å²) in [6, 6.07) is 24.7. The van der Waals surface area contributed by atoms with Gasteiger partial charge in [0.1, 0.15) is 5.75 Å². The van der Waals surface area contributed by atoms with Gasteiger partial charge in [0, 0.05) is 15.6 Å². The lowest BCUT2D eigenvalue weighted by molar-refractivity contribution is 0.418. The quantitative estimate of drug-likeness (QED) is 0.587. The van der Waals surface area contributed by atoms with Crippen LogP contribution in [-0.2, 0) is 0 Å². The van der Waals surface area contributed by atoms with Crippen molar-refractivity contribution in [3.8, 4) is 28.0 Å². The molecule has 3 aromatic carbocycles. The van der Waals surface area contributed by atoms with E-state index in [0.29, 0.717) is 0 Å². The van der Waals surface area contributed by atoms with E-state index in [9.17, 15) is 0 Å². The molecule has 0 bridgehead atoms. The van der Waals surface area contributed by atoms with Gasteiger partial charge in [0.25, 0.3) is 0 Å². The second-order valence-corrected chi connectivity index (χ2v) is 5.59. The van der Waals surface area contributed by atoms with E-state index >= 15 is 0 Å². The Kier molecular flexibility index (Phi) is 4.07. The molecule has 0 aliphatic carbocycles. The fraction of sp³-hybridized carbons (Fsp3) is 0.0526. The molecule has 0 heterocycles. The second-order valence-electron chi connectivity index (χ2n) is 4.73. The molecule has 0 atom stereocenters. The van der Waals surface area contributed by atoms with Gasteiger partial charge in [-0.2, -0.15) is 0 Å². The molecule has 3 aromatic rings.